The molecule has 2 aromatic carbocycles. The molecule has 174 valence electrons. The summed E-state index contributed by atoms with van der Waals surface area (Å²) in [5.41, 5.74) is 3.62. The van der Waals surface area contributed by atoms with Crippen LogP contribution in [-0.4, -0.2) is 28.4 Å². The predicted molar refractivity (Wildman–Crippen MR) is 131 cm³/mol. The average molecular weight is 466 g/mol. The van der Waals surface area contributed by atoms with Crippen molar-refractivity contribution < 1.29 is 19.1 Å². The molecule has 1 unspecified atom stereocenters. The Hall–Kier alpha value is -2.86. The van der Waals surface area contributed by atoms with Gasteiger partial charge in [0.25, 0.3) is 5.91 Å². The molecule has 6 heteroatoms. The lowest BCUT2D eigenvalue weighted by molar-refractivity contribution is -0.122. The quantitative estimate of drug-likeness (QED) is 0.314. The van der Waals surface area contributed by atoms with Crippen LogP contribution in [0.5, 0.6) is 5.75 Å². The Morgan fingerprint density at radius 1 is 1.09 bits per heavy atom. The van der Waals surface area contributed by atoms with Gasteiger partial charge in [-0.15, -0.1) is 0 Å². The molecular formula is C27H31NO4S. The number of hydrogen-bond acceptors (Lipinski definition) is 5. The second-order valence-corrected chi connectivity index (χ2v) is 9.49. The van der Waals surface area contributed by atoms with E-state index in [1.54, 1.807) is 22.7 Å². The fourth-order valence-corrected chi connectivity index (χ4v) is 4.83. The van der Waals surface area contributed by atoms with Crippen molar-refractivity contribution in [3.63, 3.8) is 0 Å². The van der Waals surface area contributed by atoms with Gasteiger partial charge >= 0.3 is 0 Å². The van der Waals surface area contributed by atoms with Crippen molar-refractivity contribution in [2.24, 2.45) is 0 Å². The average Bonchev–Trinajstić information content (AvgIpc) is 3.11. The van der Waals surface area contributed by atoms with Gasteiger partial charge in [0.1, 0.15) is 11.5 Å². The first-order valence-corrected chi connectivity index (χ1v) is 12.1. The summed E-state index contributed by atoms with van der Waals surface area (Å²) in [4.78, 5) is 39.7. The number of fused-ring (bicyclic) bond motifs is 1. The highest BCUT2D eigenvalue weighted by Crippen LogP contribution is 2.38. The molecule has 1 heterocycles. The number of thioether (sulfide) groups is 1. The highest BCUT2D eigenvalue weighted by molar-refractivity contribution is 8.03. The largest absolute Gasteiger partial charge is 0.450 e. The normalized spacial score (nSPS) is 14.6. The highest BCUT2D eigenvalue weighted by atomic mass is 32.2. The van der Waals surface area contributed by atoms with E-state index < -0.39 is 6.04 Å². The molecule has 1 aliphatic rings. The number of benzene rings is 2. The molecule has 1 aliphatic heterocycles. The SMILES string of the molecule is CC/C(C)=C(/Oc1cccc2c1CN(C(CCC(C)=O)C(C)=O)C2=O)Sc1ccccc1C. The molecule has 1 amide bonds. The summed E-state index contributed by atoms with van der Waals surface area (Å²) in [7, 11) is 0. The van der Waals surface area contributed by atoms with Crippen LogP contribution in [0.2, 0.25) is 0 Å². The Labute approximate surface area is 200 Å². The maximum atomic E-state index is 13.2. The second-order valence-electron chi connectivity index (χ2n) is 8.47. The van der Waals surface area contributed by atoms with Gasteiger partial charge in [0.05, 0.1) is 12.6 Å². The van der Waals surface area contributed by atoms with Crippen molar-refractivity contribution in [1.82, 2.24) is 4.90 Å². The summed E-state index contributed by atoms with van der Waals surface area (Å²) >= 11 is 1.58. The van der Waals surface area contributed by atoms with Crippen molar-refractivity contribution in [3.8, 4) is 5.75 Å². The molecule has 0 fully saturated rings. The van der Waals surface area contributed by atoms with Crippen LogP contribution < -0.4 is 4.74 Å². The molecule has 33 heavy (non-hydrogen) atoms. The predicted octanol–water partition coefficient (Wildman–Crippen LogP) is 6.09. The lowest BCUT2D eigenvalue weighted by Gasteiger charge is -2.25. The fraction of sp³-hybridized carbons (Fsp3) is 0.370. The van der Waals surface area contributed by atoms with Crippen LogP contribution in [0, 0.1) is 6.92 Å². The minimum atomic E-state index is -0.615. The number of nitrogens with zero attached hydrogens (tertiary/aromatic N) is 1. The molecule has 3 rings (SSSR count). The summed E-state index contributed by atoms with van der Waals surface area (Å²) < 4.78 is 6.43. The smallest absolute Gasteiger partial charge is 0.255 e. The van der Waals surface area contributed by atoms with Gasteiger partial charge < -0.3 is 14.4 Å². The first-order valence-electron chi connectivity index (χ1n) is 11.3. The van der Waals surface area contributed by atoms with Crippen LogP contribution in [0.4, 0.5) is 0 Å². The molecule has 0 spiro atoms. The number of ether oxygens (including phenoxy) is 1. The Morgan fingerprint density at radius 2 is 1.82 bits per heavy atom. The van der Waals surface area contributed by atoms with E-state index >= 15 is 0 Å². The second kappa shape index (κ2) is 10.8. The lowest BCUT2D eigenvalue weighted by atomic mass is 10.0. The van der Waals surface area contributed by atoms with Crippen LogP contribution in [0.1, 0.15) is 68.4 Å². The number of carbonyl (C=O) groups is 3. The third-order valence-electron chi connectivity index (χ3n) is 5.95. The van der Waals surface area contributed by atoms with E-state index in [1.807, 2.05) is 24.3 Å². The van der Waals surface area contributed by atoms with Crippen LogP contribution in [0.3, 0.4) is 0 Å². The van der Waals surface area contributed by atoms with Crippen LogP contribution >= 0.6 is 11.8 Å². The molecular weight excluding hydrogens is 434 g/mol. The number of rotatable bonds is 10. The Kier molecular flexibility index (Phi) is 8.14. The first-order chi connectivity index (χ1) is 15.7. The van der Waals surface area contributed by atoms with Crippen molar-refractivity contribution in [2.45, 2.75) is 71.4 Å². The van der Waals surface area contributed by atoms with Gasteiger partial charge in [0.2, 0.25) is 0 Å². The van der Waals surface area contributed by atoms with Gasteiger partial charge in [0.15, 0.2) is 10.9 Å². The van der Waals surface area contributed by atoms with E-state index in [0.717, 1.165) is 27.5 Å². The fourth-order valence-electron chi connectivity index (χ4n) is 3.80. The monoisotopic (exact) mass is 465 g/mol. The zero-order chi connectivity index (χ0) is 24.1. The number of amides is 1. The molecule has 0 saturated heterocycles. The van der Waals surface area contributed by atoms with Gasteiger partial charge in [-0.2, -0.15) is 0 Å². The van der Waals surface area contributed by atoms with Crippen molar-refractivity contribution in [2.75, 3.05) is 0 Å². The Morgan fingerprint density at radius 3 is 2.45 bits per heavy atom. The van der Waals surface area contributed by atoms with Crippen LogP contribution in [0.25, 0.3) is 0 Å². The lowest BCUT2D eigenvalue weighted by Crippen LogP contribution is -2.40. The van der Waals surface area contributed by atoms with E-state index in [2.05, 4.69) is 32.9 Å². The highest BCUT2D eigenvalue weighted by Gasteiger charge is 2.36. The zero-order valence-electron chi connectivity index (χ0n) is 19.9. The van der Waals surface area contributed by atoms with Crippen LogP contribution in [0.15, 0.2) is 58.0 Å². The number of allylic oxidation sites excluding steroid dienone is 1. The molecule has 0 bridgehead atoms. The summed E-state index contributed by atoms with van der Waals surface area (Å²) in [5.74, 6) is 0.328. The molecule has 0 aromatic heterocycles. The maximum Gasteiger partial charge on any atom is 0.255 e. The van der Waals surface area contributed by atoms with Gasteiger partial charge in [-0.3, -0.25) is 9.59 Å². The van der Waals surface area contributed by atoms with E-state index in [4.69, 9.17) is 4.74 Å². The summed E-state index contributed by atoms with van der Waals surface area (Å²) in [6.45, 7) is 9.47. The third kappa shape index (κ3) is 5.74. The summed E-state index contributed by atoms with van der Waals surface area (Å²) in [6, 6.07) is 13.0. The number of ketones is 2. The van der Waals surface area contributed by atoms with Gasteiger partial charge in [-0.25, -0.2) is 0 Å². The van der Waals surface area contributed by atoms with Gasteiger partial charge in [0, 0.05) is 22.4 Å². The van der Waals surface area contributed by atoms with E-state index in [9.17, 15) is 14.4 Å². The third-order valence-corrected chi connectivity index (χ3v) is 7.24. The van der Waals surface area contributed by atoms with E-state index in [0.29, 0.717) is 24.3 Å². The van der Waals surface area contributed by atoms with E-state index in [1.165, 1.54) is 19.4 Å². The van der Waals surface area contributed by atoms with Crippen molar-refractivity contribution in [3.05, 3.63) is 69.8 Å². The van der Waals surface area contributed by atoms with Crippen LogP contribution in [-0.2, 0) is 16.1 Å². The standard InChI is InChI=1S/C27H31NO4S/c1-6-17(2)27(33-25-13-8-7-10-18(25)3)32-24-12-9-11-21-22(24)16-28(26(21)31)23(20(5)30)15-14-19(4)29/h7-13,23H,6,14-16H2,1-5H3/b27-17-. The minimum absolute atomic E-state index is 0.00693. The van der Waals surface area contributed by atoms with Gasteiger partial charge in [-0.05, 0) is 69.9 Å². The maximum absolute atomic E-state index is 13.2. The number of aryl methyl sites for hydroxylation is 1. The molecule has 0 radical (unpaired) electrons. The zero-order valence-corrected chi connectivity index (χ0v) is 20.8. The summed E-state index contributed by atoms with van der Waals surface area (Å²) in [5, 5.41) is 0.797. The molecule has 2 aromatic rings. The molecule has 5 nitrogen and oxygen atoms in total. The van der Waals surface area contributed by atoms with Crippen molar-refractivity contribution in [1.29, 1.82) is 0 Å². The Balaban J connectivity index is 1.91. The van der Waals surface area contributed by atoms with E-state index in [-0.39, 0.29) is 23.9 Å². The van der Waals surface area contributed by atoms with Crippen molar-refractivity contribution >= 4 is 29.2 Å². The molecule has 0 saturated carbocycles. The minimum Gasteiger partial charge on any atom is -0.450 e. The topological polar surface area (TPSA) is 63.7 Å². The first kappa shape index (κ1) is 24.8. The molecule has 1 atom stereocenters. The summed E-state index contributed by atoms with van der Waals surface area (Å²) in [6.07, 6.45) is 1.44. The number of Topliss-reactive ketones (excluding diaryl/α,β-unsaturated/α-hetero) is 2. The Bertz CT molecular complexity index is 1110. The molecule has 0 N–H and O–H groups in total. The number of carbonyl (C=O) groups excluding carboxylic acids is 3. The molecule has 0 aliphatic carbocycles. The van der Waals surface area contributed by atoms with Gasteiger partial charge in [-0.1, -0.05) is 43.0 Å². The number of hydrogen-bond donors (Lipinski definition) is 0.